The van der Waals surface area contributed by atoms with Crippen molar-refractivity contribution >= 4 is 22.9 Å². The first-order valence-electron chi connectivity index (χ1n) is 7.33. The molecule has 2 rings (SSSR count). The van der Waals surface area contributed by atoms with E-state index < -0.39 is 0 Å². The van der Waals surface area contributed by atoms with E-state index in [4.69, 9.17) is 21.0 Å². The zero-order chi connectivity index (χ0) is 15.5. The van der Waals surface area contributed by atoms with Gasteiger partial charge >= 0.3 is 0 Å². The average Bonchev–Trinajstić information content (AvgIpc) is 3.02. The molecule has 21 heavy (non-hydrogen) atoms. The van der Waals surface area contributed by atoms with Crippen LogP contribution >= 0.6 is 22.9 Å². The van der Waals surface area contributed by atoms with E-state index in [0.717, 1.165) is 35.8 Å². The Morgan fingerprint density at radius 1 is 1.38 bits per heavy atom. The average molecular weight is 327 g/mol. The molecule has 1 atom stereocenters. The molecule has 1 unspecified atom stereocenters. The smallest absolute Gasteiger partial charge is 0.193 e. The van der Waals surface area contributed by atoms with Gasteiger partial charge in [-0.25, -0.2) is 4.98 Å². The van der Waals surface area contributed by atoms with Gasteiger partial charge in [0, 0.05) is 17.2 Å². The number of thiazole rings is 1. The number of hydrogen-bond donors (Lipinski definition) is 1. The van der Waals surface area contributed by atoms with Crippen molar-refractivity contribution in [3.63, 3.8) is 0 Å². The van der Waals surface area contributed by atoms with Crippen LogP contribution in [-0.4, -0.2) is 11.5 Å². The van der Waals surface area contributed by atoms with Crippen LogP contribution in [0, 0.1) is 0 Å². The van der Waals surface area contributed by atoms with Crippen LogP contribution in [0.5, 0.6) is 0 Å². The van der Waals surface area contributed by atoms with E-state index in [1.165, 1.54) is 0 Å². The summed E-state index contributed by atoms with van der Waals surface area (Å²) in [4.78, 5) is 4.77. The Bertz CT molecular complexity index is 571. The van der Waals surface area contributed by atoms with E-state index in [-0.39, 0.29) is 11.5 Å². The molecule has 0 radical (unpaired) electrons. The SMILES string of the molecule is CCCNC(Cc1nc(C(C)(C)C)cs1)c1ccc(Cl)o1. The van der Waals surface area contributed by atoms with Crippen LogP contribution in [0.25, 0.3) is 0 Å². The lowest BCUT2D eigenvalue weighted by Crippen LogP contribution is -2.23. The highest BCUT2D eigenvalue weighted by Gasteiger charge is 2.21. The van der Waals surface area contributed by atoms with Crippen molar-refractivity contribution in [3.05, 3.63) is 39.2 Å². The first-order valence-corrected chi connectivity index (χ1v) is 8.59. The summed E-state index contributed by atoms with van der Waals surface area (Å²) in [5.41, 5.74) is 1.24. The van der Waals surface area contributed by atoms with Gasteiger partial charge in [0.05, 0.1) is 16.7 Å². The second-order valence-electron chi connectivity index (χ2n) is 6.23. The molecule has 2 heterocycles. The van der Waals surface area contributed by atoms with Crippen LogP contribution in [0.2, 0.25) is 5.22 Å². The van der Waals surface area contributed by atoms with Gasteiger partial charge in [0.2, 0.25) is 0 Å². The number of aromatic nitrogens is 1. The van der Waals surface area contributed by atoms with E-state index in [1.807, 2.05) is 6.07 Å². The Kier molecular flexibility index (Phi) is 5.47. The van der Waals surface area contributed by atoms with Gasteiger partial charge in [-0.05, 0) is 36.7 Å². The molecule has 2 aromatic heterocycles. The van der Waals surface area contributed by atoms with Crippen molar-refractivity contribution in [1.82, 2.24) is 10.3 Å². The van der Waals surface area contributed by atoms with Gasteiger partial charge in [-0.3, -0.25) is 0 Å². The first kappa shape index (κ1) is 16.5. The third-order valence-corrected chi connectivity index (χ3v) is 4.35. The lowest BCUT2D eigenvalue weighted by atomic mass is 9.93. The van der Waals surface area contributed by atoms with Crippen LogP contribution in [0.4, 0.5) is 0 Å². The van der Waals surface area contributed by atoms with Crippen LogP contribution in [0.3, 0.4) is 0 Å². The van der Waals surface area contributed by atoms with Gasteiger partial charge in [0.15, 0.2) is 5.22 Å². The second-order valence-corrected chi connectivity index (χ2v) is 7.54. The monoisotopic (exact) mass is 326 g/mol. The molecule has 1 N–H and O–H groups in total. The highest BCUT2D eigenvalue weighted by atomic mass is 35.5. The summed E-state index contributed by atoms with van der Waals surface area (Å²) in [5, 5.41) is 7.22. The van der Waals surface area contributed by atoms with Crippen molar-refractivity contribution in [1.29, 1.82) is 0 Å². The zero-order valence-electron chi connectivity index (χ0n) is 13.1. The highest BCUT2D eigenvalue weighted by Crippen LogP contribution is 2.28. The van der Waals surface area contributed by atoms with Gasteiger partial charge in [-0.15, -0.1) is 11.3 Å². The Hall–Kier alpha value is -0.840. The topological polar surface area (TPSA) is 38.1 Å². The van der Waals surface area contributed by atoms with E-state index in [1.54, 1.807) is 17.4 Å². The quantitative estimate of drug-likeness (QED) is 0.814. The number of halogens is 1. The molecular formula is C16H23ClN2OS. The van der Waals surface area contributed by atoms with Crippen LogP contribution in [-0.2, 0) is 11.8 Å². The molecule has 0 aliphatic rings. The molecule has 0 aliphatic carbocycles. The first-order chi connectivity index (χ1) is 9.90. The lowest BCUT2D eigenvalue weighted by Gasteiger charge is -2.16. The minimum absolute atomic E-state index is 0.0923. The highest BCUT2D eigenvalue weighted by molar-refractivity contribution is 7.09. The lowest BCUT2D eigenvalue weighted by molar-refractivity contribution is 0.410. The predicted molar refractivity (Wildman–Crippen MR) is 89.3 cm³/mol. The molecule has 0 saturated carbocycles. The summed E-state index contributed by atoms with van der Waals surface area (Å²) in [5.74, 6) is 0.876. The van der Waals surface area contributed by atoms with E-state index in [2.05, 4.69) is 38.4 Å². The molecule has 0 spiro atoms. The van der Waals surface area contributed by atoms with Crippen molar-refractivity contribution < 1.29 is 4.42 Å². The third kappa shape index (κ3) is 4.56. The van der Waals surface area contributed by atoms with Crippen molar-refractivity contribution in [3.8, 4) is 0 Å². The summed E-state index contributed by atoms with van der Waals surface area (Å²) in [6, 6.07) is 3.85. The van der Waals surface area contributed by atoms with Crippen molar-refractivity contribution in [2.75, 3.05) is 6.54 Å². The number of rotatable bonds is 6. The zero-order valence-corrected chi connectivity index (χ0v) is 14.6. The van der Waals surface area contributed by atoms with Crippen LogP contribution in [0.1, 0.15) is 56.6 Å². The maximum atomic E-state index is 5.90. The third-order valence-electron chi connectivity index (χ3n) is 3.28. The number of nitrogens with one attached hydrogen (secondary N) is 1. The van der Waals surface area contributed by atoms with Gasteiger partial charge in [-0.2, -0.15) is 0 Å². The molecule has 0 aromatic carbocycles. The molecule has 0 amide bonds. The second kappa shape index (κ2) is 6.95. The molecular weight excluding hydrogens is 304 g/mol. The van der Waals surface area contributed by atoms with E-state index >= 15 is 0 Å². The number of furan rings is 1. The van der Waals surface area contributed by atoms with Gasteiger partial charge < -0.3 is 9.73 Å². The minimum atomic E-state index is 0.0923. The standard InChI is InChI=1S/C16H23ClN2OS/c1-5-8-18-11(12-6-7-14(17)20-12)9-15-19-13(10-21-15)16(2,3)4/h6-7,10-11,18H,5,8-9H2,1-4H3. The summed E-state index contributed by atoms with van der Waals surface area (Å²) < 4.78 is 5.57. The maximum Gasteiger partial charge on any atom is 0.193 e. The molecule has 0 bridgehead atoms. The summed E-state index contributed by atoms with van der Waals surface area (Å²) in [6.45, 7) is 9.65. The van der Waals surface area contributed by atoms with Crippen LogP contribution in [0.15, 0.2) is 21.9 Å². The molecule has 2 aromatic rings. The predicted octanol–water partition coefficient (Wildman–Crippen LogP) is 4.97. The Balaban J connectivity index is 2.13. The minimum Gasteiger partial charge on any atom is -0.448 e. The molecule has 0 aliphatic heterocycles. The fourth-order valence-electron chi connectivity index (χ4n) is 2.03. The van der Waals surface area contributed by atoms with Gasteiger partial charge in [0.25, 0.3) is 0 Å². The molecule has 0 fully saturated rings. The summed E-state index contributed by atoms with van der Waals surface area (Å²) in [6.07, 6.45) is 1.90. The van der Waals surface area contributed by atoms with Crippen molar-refractivity contribution in [2.24, 2.45) is 0 Å². The van der Waals surface area contributed by atoms with E-state index in [9.17, 15) is 0 Å². The summed E-state index contributed by atoms with van der Waals surface area (Å²) in [7, 11) is 0. The normalized spacial score (nSPS) is 13.6. The molecule has 116 valence electrons. The number of nitrogens with zero attached hydrogens (tertiary/aromatic N) is 1. The van der Waals surface area contributed by atoms with Gasteiger partial charge in [0.1, 0.15) is 5.76 Å². The Morgan fingerprint density at radius 3 is 2.67 bits per heavy atom. The van der Waals surface area contributed by atoms with Gasteiger partial charge in [-0.1, -0.05) is 27.7 Å². The number of hydrogen-bond acceptors (Lipinski definition) is 4. The molecule has 0 saturated heterocycles. The maximum absolute atomic E-state index is 5.90. The Labute approximate surface area is 135 Å². The fourth-order valence-corrected chi connectivity index (χ4v) is 3.25. The van der Waals surface area contributed by atoms with Crippen molar-refractivity contribution in [2.45, 2.75) is 52.0 Å². The Morgan fingerprint density at radius 2 is 2.14 bits per heavy atom. The van der Waals surface area contributed by atoms with E-state index in [0.29, 0.717) is 5.22 Å². The fraction of sp³-hybridized carbons (Fsp3) is 0.562. The van der Waals surface area contributed by atoms with Crippen LogP contribution < -0.4 is 5.32 Å². The largest absolute Gasteiger partial charge is 0.448 e. The molecule has 5 heteroatoms. The molecule has 3 nitrogen and oxygen atoms in total. The summed E-state index contributed by atoms with van der Waals surface area (Å²) >= 11 is 7.61.